The lowest BCUT2D eigenvalue weighted by Crippen LogP contribution is -2.65. The molecular formula is C77H117FN24O24S2. The lowest BCUT2D eigenvalue weighted by atomic mass is 9.81. The summed E-state index contributed by atoms with van der Waals surface area (Å²) in [5, 5.41) is 80.3. The first-order valence-electron chi connectivity index (χ1n) is 41.2. The normalized spacial score (nSPS) is 31.7. The minimum Gasteiger partial charge on any atom is -0.394 e. The van der Waals surface area contributed by atoms with Crippen LogP contribution in [0.15, 0.2) is 51.6 Å². The number of aromatic nitrogens is 8. The number of anilines is 3. The van der Waals surface area contributed by atoms with Gasteiger partial charge in [0.15, 0.2) is 41.1 Å². The molecule has 128 heavy (non-hydrogen) atoms. The molecule has 708 valence electrons. The number of amides is 13. The maximum Gasteiger partial charge on any atom is 0.351 e. The smallest absolute Gasteiger partial charge is 0.351 e. The summed E-state index contributed by atoms with van der Waals surface area (Å²) < 4.78 is 49.9. The average molecular weight is 1850 g/mol. The molecule has 10 aliphatic heterocycles. The van der Waals surface area contributed by atoms with E-state index in [1.54, 1.807) is 66.6 Å². The van der Waals surface area contributed by atoms with Crippen molar-refractivity contribution in [3.63, 3.8) is 0 Å². The lowest BCUT2D eigenvalue weighted by molar-refractivity contribution is -0.141. The number of nitrogens with two attached hydrogens (primary N) is 3. The largest absolute Gasteiger partial charge is 0.394 e. The van der Waals surface area contributed by atoms with Crippen molar-refractivity contribution in [2.75, 3.05) is 68.4 Å². The van der Waals surface area contributed by atoms with Crippen LogP contribution in [0.5, 0.6) is 0 Å². The molecular weight excluding hydrogens is 1730 g/mol. The van der Waals surface area contributed by atoms with Crippen molar-refractivity contribution < 1.29 is 112 Å². The Balaban J connectivity index is 0.000000169. The molecule has 18 N–H and O–H groups in total. The van der Waals surface area contributed by atoms with E-state index in [-0.39, 0.29) is 129 Å². The molecule has 10 fully saturated rings. The number of thioether (sulfide) groups is 2. The SMILES string of the molecule is CC(=O)NC1CC(N2C(=O)NC(=O)C(C)(C)C2C)OC1CO.CC1N(C2CC(N)C(CO)O2)C(=O)NC(=O)C1(C)C.CC1N(C2CC(N=[N+]=[N-])C(CO)O2)C(=O)NC(=O)C1(C)C.CC1N(C2CCC(CO)O2)C(=O)NC(=O)C1(C)C.Cc1nc(N(C)C)c2ncn(C3C=CC(O)C3)c2n1.Nc1ccn(C2CSC(O)O2)c(=O)n1.Nc1nc(=O)n(C2CSC(O)O2)cc1F. The van der Waals surface area contributed by atoms with Crippen LogP contribution in [0.25, 0.3) is 21.6 Å². The number of azide groups is 1. The molecule has 11 aliphatic rings. The highest BCUT2D eigenvalue weighted by Crippen LogP contribution is 2.41. The van der Waals surface area contributed by atoms with Crippen molar-refractivity contribution in [3.05, 3.63) is 80.0 Å². The number of nitrogen functional groups attached to an aromatic ring is 2. The number of allylic oxidation sites excluding steroid dienone is 1. The summed E-state index contributed by atoms with van der Waals surface area (Å²) in [5.74, 6) is -0.0575. The third-order valence-electron chi connectivity index (χ3n) is 24.4. The zero-order valence-electron chi connectivity index (χ0n) is 73.7. The molecule has 14 heterocycles. The summed E-state index contributed by atoms with van der Waals surface area (Å²) in [6, 6.07) is -2.79. The van der Waals surface area contributed by atoms with Crippen LogP contribution in [-0.4, -0.2) is 309 Å². The standard InChI is InChI=1S/C14H23N3O5.C13H17N5O.C12H19N5O4.C12H21N3O4.C12H20N2O4.C7H8FN3O3S.C7H9N3O3S/c1-7-14(3,4)12(20)16-13(21)17(7)11-5-9(15-8(2)19)10(6-18)22-11;1-8-15-12(17(2)3)11-13(16-8)18(7-14-11)9-4-5-10(19)6-9;1-6-12(2,3)10(19)14-11(20)17(6)9-4-7(15-16-13)8(5-18)21-9;1-6-12(2,3)10(17)14-11(18)15(6)9-4-7(13)8(5-16)19-9;1-7-12(2,3)10(16)13-11(17)14(7)9-5-4-8(6-15)18-9;8-3-1-11(6(12)10-5(3)9)4-2-15-7(13)14-4;8-4-1-2-10(6(11)9-4)5-3-14-7(12)13-5/h7,9-11,18H,5-6H2,1-4H3,(H,15,19)(H,16,20,21);4-5,7,9-10,19H,6H2,1-3H3;6-9,18H,4-5H2,1-3H3,(H,14,19,20);6-9,16H,4-5,13H2,1-3H3,(H,14,17,18);7-9,15H,4-6H2,1-3H3,(H,13,16,17);1,4,7,13H,2H2,(H2,9,10,12);1-2,5,7,12H,3H2,(H2,8,9,11). The van der Waals surface area contributed by atoms with Crippen molar-refractivity contribution >= 4 is 106 Å². The van der Waals surface area contributed by atoms with Crippen molar-refractivity contribution in [2.45, 2.75) is 263 Å². The second-order valence-electron chi connectivity index (χ2n) is 34.4. The number of hydrogen-bond donors (Lipinski definition) is 15. The fraction of sp³-hybridized carbons (Fsp3) is 0.688. The van der Waals surface area contributed by atoms with Crippen LogP contribution in [-0.2, 0) is 52.4 Å². The summed E-state index contributed by atoms with van der Waals surface area (Å²) in [6.07, 6.45) is 5.67. The monoisotopic (exact) mass is 1840 g/mol. The number of aliphatic hydroxyl groups excluding tert-OH is 7. The molecule has 21 atom stereocenters. The number of imide groups is 4. The lowest BCUT2D eigenvalue weighted by Gasteiger charge is -2.45. The molecule has 0 bridgehead atoms. The maximum absolute atomic E-state index is 13.0. The highest BCUT2D eigenvalue weighted by Gasteiger charge is 2.55. The number of fused-ring (bicyclic) bond motifs is 1. The van der Waals surface area contributed by atoms with Crippen LogP contribution in [0.3, 0.4) is 0 Å². The highest BCUT2D eigenvalue weighted by atomic mass is 32.2. The van der Waals surface area contributed by atoms with Gasteiger partial charge < -0.3 is 96.2 Å². The summed E-state index contributed by atoms with van der Waals surface area (Å²) in [4.78, 5) is 160. The van der Waals surface area contributed by atoms with Crippen LogP contribution < -0.4 is 60.1 Å². The van der Waals surface area contributed by atoms with Gasteiger partial charge in [0.25, 0.3) is 0 Å². The Morgan fingerprint density at radius 2 is 1.06 bits per heavy atom. The number of ether oxygens (including phenoxy) is 6. The van der Waals surface area contributed by atoms with Gasteiger partial charge in [-0.05, 0) is 114 Å². The number of carbonyl (C=O) groups excluding carboxylic acids is 9. The summed E-state index contributed by atoms with van der Waals surface area (Å²) in [5.41, 5.74) is 20.6. The second kappa shape index (κ2) is 42.3. The van der Waals surface area contributed by atoms with E-state index < -0.39 is 136 Å². The van der Waals surface area contributed by atoms with E-state index in [0.29, 0.717) is 37.2 Å². The number of rotatable bonds is 14. The fourth-order valence-electron chi connectivity index (χ4n) is 15.3. The van der Waals surface area contributed by atoms with E-state index >= 15 is 0 Å². The zero-order chi connectivity index (χ0) is 95.0. The first kappa shape index (κ1) is 102. The first-order valence-corrected chi connectivity index (χ1v) is 43.3. The van der Waals surface area contributed by atoms with E-state index in [4.69, 9.17) is 71.6 Å². The number of nitrogens with zero attached hydrogens (tertiary/aromatic N) is 16. The van der Waals surface area contributed by atoms with Crippen LogP contribution in [0.2, 0.25) is 0 Å². The van der Waals surface area contributed by atoms with E-state index in [1.165, 1.54) is 50.2 Å². The van der Waals surface area contributed by atoms with Gasteiger partial charge in [0, 0.05) is 99.5 Å². The minimum absolute atomic E-state index is 0.0390. The van der Waals surface area contributed by atoms with Gasteiger partial charge in [0.1, 0.15) is 42.7 Å². The third-order valence-corrected chi connectivity index (χ3v) is 26.2. The number of halogens is 1. The molecule has 0 radical (unpaired) electrons. The Kier molecular flexibility index (Phi) is 33.6. The number of urea groups is 4. The molecule has 51 heteroatoms. The quantitative estimate of drug-likeness (QED) is 0.0344. The Labute approximate surface area is 742 Å². The van der Waals surface area contributed by atoms with Crippen LogP contribution in [0.4, 0.5) is 41.0 Å². The van der Waals surface area contributed by atoms with Gasteiger partial charge >= 0.3 is 35.5 Å². The first-order chi connectivity index (χ1) is 60.0. The van der Waals surface area contributed by atoms with E-state index in [0.717, 1.165) is 51.8 Å². The van der Waals surface area contributed by atoms with Gasteiger partial charge in [-0.3, -0.25) is 74.0 Å². The third kappa shape index (κ3) is 22.9. The molecule has 21 unspecified atom stereocenters. The molecule has 15 rings (SSSR count). The number of aliphatic hydroxyl groups is 7. The van der Waals surface area contributed by atoms with Gasteiger partial charge in [-0.1, -0.05) is 40.8 Å². The molecule has 0 spiro atoms. The predicted molar refractivity (Wildman–Crippen MR) is 455 cm³/mol. The number of nitrogens with one attached hydrogen (secondary N) is 5. The molecule has 0 aromatic carbocycles. The summed E-state index contributed by atoms with van der Waals surface area (Å²) >= 11 is 2.34. The Bertz CT molecular complexity index is 4910. The summed E-state index contributed by atoms with van der Waals surface area (Å²) in [7, 11) is 3.89. The molecule has 48 nitrogen and oxygen atoms in total. The van der Waals surface area contributed by atoms with Crippen LogP contribution in [0.1, 0.15) is 153 Å². The average Bonchev–Trinajstić information content (AvgIpc) is 1.31. The molecule has 0 saturated carbocycles. The van der Waals surface area contributed by atoms with E-state index in [2.05, 4.69) is 61.5 Å². The molecule has 1 aliphatic carbocycles. The van der Waals surface area contributed by atoms with Crippen molar-refractivity contribution in [2.24, 2.45) is 32.5 Å². The fourth-order valence-corrected chi connectivity index (χ4v) is 16.8. The van der Waals surface area contributed by atoms with Gasteiger partial charge in [-0.25, -0.2) is 48.1 Å². The highest BCUT2D eigenvalue weighted by molar-refractivity contribution is 8.00. The van der Waals surface area contributed by atoms with Crippen molar-refractivity contribution in [1.82, 2.24) is 84.8 Å². The Morgan fingerprint density at radius 1 is 0.602 bits per heavy atom. The number of carbonyl (C=O) groups is 9. The molecule has 4 aromatic rings. The maximum atomic E-state index is 13.0. The van der Waals surface area contributed by atoms with Crippen LogP contribution >= 0.6 is 23.5 Å². The van der Waals surface area contributed by atoms with Crippen molar-refractivity contribution in [3.8, 4) is 0 Å². The topological polar surface area (TPSA) is 667 Å². The van der Waals surface area contributed by atoms with Gasteiger partial charge in [-0.2, -0.15) is 9.97 Å². The number of hydrogen-bond acceptors (Lipinski definition) is 36. The predicted octanol–water partition coefficient (Wildman–Crippen LogP) is 0.0703. The minimum atomic E-state index is -0.998. The Morgan fingerprint density at radius 3 is 1.48 bits per heavy atom. The Hall–Kier alpha value is -9.94. The van der Waals surface area contributed by atoms with E-state index in [1.807, 2.05) is 70.3 Å². The number of imidazole rings is 1. The zero-order valence-corrected chi connectivity index (χ0v) is 75.4. The molecule has 13 amide bonds. The molecule has 4 aromatic heterocycles. The van der Waals surface area contributed by atoms with Crippen molar-refractivity contribution in [1.29, 1.82) is 0 Å². The van der Waals surface area contributed by atoms with Gasteiger partial charge in [-0.15, -0.1) is 0 Å². The van der Waals surface area contributed by atoms with E-state index in [9.17, 15) is 72.4 Å². The second-order valence-corrected chi connectivity index (χ2v) is 36.5. The van der Waals surface area contributed by atoms with Crippen LogP contribution in [0, 0.1) is 34.4 Å². The van der Waals surface area contributed by atoms with Gasteiger partial charge in [0.2, 0.25) is 40.8 Å². The number of aryl methyl sites for hydroxylation is 1. The summed E-state index contributed by atoms with van der Waals surface area (Å²) in [6.45, 7) is 23.9. The van der Waals surface area contributed by atoms with Gasteiger partial charge in [0.05, 0.1) is 103 Å². The molecule has 10 saturated heterocycles.